The van der Waals surface area contributed by atoms with Crippen molar-refractivity contribution in [3.63, 3.8) is 0 Å². The van der Waals surface area contributed by atoms with Gasteiger partial charge < -0.3 is 55.4 Å². The summed E-state index contributed by atoms with van der Waals surface area (Å²) < 4.78 is 36.9. The van der Waals surface area contributed by atoms with E-state index in [2.05, 4.69) is 84.1 Å². The molecule has 0 bridgehead atoms. The largest absolute Gasteiger partial charge is 0.497 e. The molecule has 0 heterocycles. The number of hydrogen-bond acceptors (Lipinski definition) is 13. The van der Waals surface area contributed by atoms with E-state index in [-0.39, 0.29) is 19.4 Å². The van der Waals surface area contributed by atoms with Crippen molar-refractivity contribution in [2.24, 2.45) is 10.8 Å². The van der Waals surface area contributed by atoms with Gasteiger partial charge in [-0.3, -0.25) is 24.0 Å². The normalized spacial score (nSPS) is 12.8. The maximum Gasteiger partial charge on any atom is 0.308 e. The number of aryl methyl sites for hydroxylation is 4. The van der Waals surface area contributed by atoms with Crippen LogP contribution >= 0.6 is 0 Å². The molecule has 5 atom stereocenters. The zero-order chi connectivity index (χ0) is 91.3. The number of rotatable bonds is 73. The molecule has 5 rings (SSSR count). The van der Waals surface area contributed by atoms with Crippen molar-refractivity contribution in [1.82, 2.24) is 21.3 Å². The van der Waals surface area contributed by atoms with Crippen LogP contribution in [-0.4, -0.2) is 105 Å². The molecule has 0 spiro atoms. The minimum absolute atomic E-state index is 0.0728. The van der Waals surface area contributed by atoms with Crippen LogP contribution in [0, 0.1) is 13.8 Å². The van der Waals surface area contributed by atoms with Gasteiger partial charge >= 0.3 is 5.97 Å². The highest BCUT2D eigenvalue weighted by Gasteiger charge is 2.35. The topological polar surface area (TPSA) is 264 Å². The summed E-state index contributed by atoms with van der Waals surface area (Å²) in [6.07, 6.45) is 54.9. The molecule has 704 valence electrons. The van der Waals surface area contributed by atoms with Gasteiger partial charge in [-0.25, -0.2) is 0 Å². The van der Waals surface area contributed by atoms with Gasteiger partial charge in [-0.1, -0.05) is 342 Å². The molecule has 0 radical (unpaired) electrons. The Bertz CT molecular complexity index is 3810. The van der Waals surface area contributed by atoms with E-state index >= 15 is 14.4 Å². The number of ether oxygens (including phenoxy) is 6. The second-order valence-corrected chi connectivity index (χ2v) is 37.5. The average molecular weight is 1740 g/mol. The van der Waals surface area contributed by atoms with Crippen LogP contribution in [0.4, 0.5) is 0 Å². The van der Waals surface area contributed by atoms with Crippen molar-refractivity contribution in [3.05, 3.63) is 153 Å². The standard InChI is InChI=1S/C107H170N8O11/c1-13-16-18-20-22-24-26-28-30-32-34-36-38-40-42-44-46-48-50-53-72-123-92-68-70-94(99(80-92)124-74-54-51-49-47-45-43-41-39-37-35-33-31-29-27-25-23-21-19-17-14-2)101(89-63-65-90(121-12)66-64-89)114-103(118)96(58-56-57-86-76-83(4)75-84(5)77-86)111-104(119)97(113-105(120)98(81-100(116)126-107(9,10)11)112-102(117)95(108)82-125-106(6,7)8)78-85-59-61-88(62-60-85)93-69-67-91(79-87(93)15-3)122-73-55-52-71-110-115-109/h59-70,75-77,79-80,95-98,101H,13-58,71-74,78,81-82,108H2,1-12H3,(H,111,119)(H,112,117)(H,113,120)(H,114,118)/t95-,96-,97-,98-,101?/m0/s1. The molecular formula is C107H170N8O11. The van der Waals surface area contributed by atoms with Crippen molar-refractivity contribution < 1.29 is 52.4 Å². The first kappa shape index (κ1) is 108. The lowest BCUT2D eigenvalue weighted by Gasteiger charge is -2.28. The Balaban J connectivity index is 1.43. The molecule has 4 amide bonds. The molecule has 0 aliphatic heterocycles. The van der Waals surface area contributed by atoms with E-state index in [4.69, 9.17) is 39.7 Å². The average Bonchev–Trinajstić information content (AvgIpc) is 0.800. The first-order chi connectivity index (χ1) is 60.9. The van der Waals surface area contributed by atoms with Crippen LogP contribution in [0.5, 0.6) is 23.0 Å². The van der Waals surface area contributed by atoms with E-state index < -0.39 is 77.4 Å². The molecule has 0 saturated carbocycles. The number of nitrogens with two attached hydrogens (primary N) is 1. The molecule has 0 aliphatic rings. The van der Waals surface area contributed by atoms with Crippen LogP contribution in [0.25, 0.3) is 21.6 Å². The van der Waals surface area contributed by atoms with E-state index in [1.54, 1.807) is 27.9 Å². The predicted octanol–water partition coefficient (Wildman–Crippen LogP) is 26.2. The molecular weight excluding hydrogens is 1570 g/mol. The van der Waals surface area contributed by atoms with Gasteiger partial charge in [-0.2, -0.15) is 0 Å². The van der Waals surface area contributed by atoms with Gasteiger partial charge in [-0.15, -0.1) is 0 Å². The van der Waals surface area contributed by atoms with E-state index in [0.29, 0.717) is 80.4 Å². The summed E-state index contributed by atoms with van der Waals surface area (Å²) in [6, 6.07) is 27.5. The maximum atomic E-state index is 16.0. The second kappa shape index (κ2) is 65.4. The summed E-state index contributed by atoms with van der Waals surface area (Å²) in [7, 11) is 1.62. The Morgan fingerprint density at radius 3 is 1.33 bits per heavy atom. The molecule has 5 aromatic rings. The lowest BCUT2D eigenvalue weighted by atomic mass is 9.95. The minimum Gasteiger partial charge on any atom is -0.497 e. The molecule has 0 fully saturated rings. The highest BCUT2D eigenvalue weighted by molar-refractivity contribution is 5.96. The lowest BCUT2D eigenvalue weighted by molar-refractivity contribution is -0.156. The van der Waals surface area contributed by atoms with Gasteiger partial charge in [0.1, 0.15) is 52.8 Å². The fraction of sp³-hybridized carbons (Fsp3) is 0.673. The number of carbonyl (C=O) groups is 5. The Labute approximate surface area is 762 Å². The van der Waals surface area contributed by atoms with Gasteiger partial charge in [0.25, 0.3) is 0 Å². The van der Waals surface area contributed by atoms with E-state index in [9.17, 15) is 9.59 Å². The van der Waals surface area contributed by atoms with Crippen molar-refractivity contribution in [3.8, 4) is 34.1 Å². The van der Waals surface area contributed by atoms with Crippen molar-refractivity contribution in [2.45, 2.75) is 426 Å². The van der Waals surface area contributed by atoms with Crippen LogP contribution in [0.1, 0.15) is 396 Å². The number of hydrogen-bond donors (Lipinski definition) is 5. The number of methoxy groups -OCH3 is 1. The summed E-state index contributed by atoms with van der Waals surface area (Å²) in [5, 5.41) is 15.9. The maximum absolute atomic E-state index is 16.0. The fourth-order valence-electron chi connectivity index (χ4n) is 16.4. The van der Waals surface area contributed by atoms with Gasteiger partial charge in [0.15, 0.2) is 0 Å². The van der Waals surface area contributed by atoms with Gasteiger partial charge in [-0.05, 0) is 182 Å². The first-order valence-corrected chi connectivity index (χ1v) is 49.7. The number of amides is 4. The van der Waals surface area contributed by atoms with Crippen molar-refractivity contribution in [2.75, 3.05) is 40.1 Å². The van der Waals surface area contributed by atoms with Crippen LogP contribution in [0.3, 0.4) is 0 Å². The molecule has 1 unspecified atom stereocenters. The van der Waals surface area contributed by atoms with Crippen molar-refractivity contribution >= 4 is 29.6 Å². The first-order valence-electron chi connectivity index (χ1n) is 49.7. The molecule has 126 heavy (non-hydrogen) atoms. The van der Waals surface area contributed by atoms with Crippen LogP contribution in [-0.2, 0) is 52.7 Å². The fourth-order valence-corrected chi connectivity index (χ4v) is 16.4. The zero-order valence-corrected chi connectivity index (χ0v) is 80.6. The third kappa shape index (κ3) is 48.9. The highest BCUT2D eigenvalue weighted by atomic mass is 16.6. The Morgan fingerprint density at radius 1 is 0.437 bits per heavy atom. The Hall–Kier alpha value is -8.12. The quantitative estimate of drug-likeness (QED) is 0.00800. The molecule has 5 aromatic carbocycles. The molecule has 0 saturated heterocycles. The van der Waals surface area contributed by atoms with Gasteiger partial charge in [0.2, 0.25) is 23.6 Å². The number of nitrogens with zero attached hydrogens (tertiary/aromatic N) is 3. The number of azide groups is 1. The summed E-state index contributed by atoms with van der Waals surface area (Å²) in [5.41, 5.74) is 21.9. The molecule has 0 aliphatic carbocycles. The van der Waals surface area contributed by atoms with Gasteiger partial charge in [0, 0.05) is 29.5 Å². The molecule has 19 heteroatoms. The predicted molar refractivity (Wildman–Crippen MR) is 519 cm³/mol. The summed E-state index contributed by atoms with van der Waals surface area (Å²) in [5.74, 6) is -0.917. The summed E-state index contributed by atoms with van der Waals surface area (Å²) in [6.45, 7) is 23.1. The SMILES string of the molecule is CCCCCCCCCCCCCCCCCCCCCCOc1ccc(C(NC(=O)[C@H](CCCc2cc(C)cc(C)c2)NC(=O)[C@H](Cc2ccc(-c3ccc(OCCCCN=[N+]=[N-])cc3CC)cc2)NC(=O)[C@H](CC(=O)OC(C)(C)C)NC(=O)[C@@H](N)COC(C)(C)C)c2ccc(OC)cc2)c(OCCCCCCCCCCCCCCCCCCCCCC)c1. The number of esters is 1. The Morgan fingerprint density at radius 2 is 0.865 bits per heavy atom. The van der Waals surface area contributed by atoms with E-state index in [1.807, 2.05) is 106 Å². The smallest absolute Gasteiger partial charge is 0.308 e. The third-order valence-electron chi connectivity index (χ3n) is 23.7. The van der Waals surface area contributed by atoms with Crippen LogP contribution in [0.2, 0.25) is 0 Å². The zero-order valence-electron chi connectivity index (χ0n) is 80.6. The summed E-state index contributed by atoms with van der Waals surface area (Å²) in [4.78, 5) is 77.7. The minimum atomic E-state index is -1.56. The molecule has 0 aromatic heterocycles. The summed E-state index contributed by atoms with van der Waals surface area (Å²) >= 11 is 0. The number of benzene rings is 5. The second-order valence-electron chi connectivity index (χ2n) is 37.5. The molecule has 19 nitrogen and oxygen atoms in total. The number of nitrogens with one attached hydrogen (secondary N) is 4. The van der Waals surface area contributed by atoms with Crippen LogP contribution in [0.15, 0.2) is 108 Å². The lowest BCUT2D eigenvalue weighted by Crippen LogP contribution is -2.59. The Kier molecular flexibility index (Phi) is 56.3. The third-order valence-corrected chi connectivity index (χ3v) is 23.7. The van der Waals surface area contributed by atoms with E-state index in [0.717, 1.165) is 83.2 Å². The highest BCUT2D eigenvalue weighted by Crippen LogP contribution is 2.36. The monoisotopic (exact) mass is 1740 g/mol. The van der Waals surface area contributed by atoms with Gasteiger partial charge in [0.05, 0.1) is 51.6 Å². The van der Waals surface area contributed by atoms with E-state index in [1.165, 1.54) is 225 Å². The number of carbonyl (C=O) groups excluding carboxylic acids is 5. The molecule has 6 N–H and O–H groups in total. The van der Waals surface area contributed by atoms with Crippen molar-refractivity contribution in [1.29, 1.82) is 0 Å². The number of unbranched alkanes of at least 4 members (excludes halogenated alkanes) is 39. The van der Waals surface area contributed by atoms with Crippen LogP contribution < -0.4 is 45.9 Å².